The minimum absolute atomic E-state index is 0.181. The fraction of sp³-hybridized carbons (Fsp3) is 0.176. The number of aryl methyl sites for hydroxylation is 1. The average Bonchev–Trinajstić information content (AvgIpc) is 3.19. The Hall–Kier alpha value is -2.40. The molecule has 0 saturated heterocycles. The van der Waals surface area contributed by atoms with Gasteiger partial charge in [0.2, 0.25) is 0 Å². The largest absolute Gasteiger partial charge is 0.459 e. The lowest BCUT2D eigenvalue weighted by Crippen LogP contribution is -2.25. The molecule has 0 bridgehead atoms. The summed E-state index contributed by atoms with van der Waals surface area (Å²) in [5.41, 5.74) is 3.31. The summed E-state index contributed by atoms with van der Waals surface area (Å²) >= 11 is 1.65. The van der Waals surface area contributed by atoms with Crippen LogP contribution in [0.15, 0.2) is 52.5 Å². The van der Waals surface area contributed by atoms with E-state index in [1.807, 2.05) is 6.92 Å². The molecule has 5 heteroatoms. The van der Waals surface area contributed by atoms with E-state index >= 15 is 0 Å². The van der Waals surface area contributed by atoms with Crippen molar-refractivity contribution >= 4 is 17.2 Å². The van der Waals surface area contributed by atoms with Crippen molar-refractivity contribution in [1.82, 2.24) is 10.3 Å². The van der Waals surface area contributed by atoms with Crippen molar-refractivity contribution < 1.29 is 9.21 Å². The Morgan fingerprint density at radius 3 is 2.73 bits per heavy atom. The fourth-order valence-electron chi connectivity index (χ4n) is 2.15. The van der Waals surface area contributed by atoms with Gasteiger partial charge < -0.3 is 9.73 Å². The topological polar surface area (TPSA) is 55.1 Å². The lowest BCUT2D eigenvalue weighted by Gasteiger charge is -2.04. The molecule has 0 unspecified atom stereocenters. The van der Waals surface area contributed by atoms with E-state index in [0.717, 1.165) is 22.7 Å². The van der Waals surface area contributed by atoms with Gasteiger partial charge in [-0.05, 0) is 31.0 Å². The summed E-state index contributed by atoms with van der Waals surface area (Å²) in [5, 5.41) is 5.97. The molecule has 0 aliphatic heterocycles. The van der Waals surface area contributed by atoms with Gasteiger partial charge in [-0.2, -0.15) is 0 Å². The highest BCUT2D eigenvalue weighted by atomic mass is 32.1. The first-order valence-electron chi connectivity index (χ1n) is 7.05. The Morgan fingerprint density at radius 1 is 1.27 bits per heavy atom. The van der Waals surface area contributed by atoms with Crippen molar-refractivity contribution in [3.8, 4) is 11.3 Å². The molecule has 4 nitrogen and oxygen atoms in total. The maximum Gasteiger partial charge on any atom is 0.286 e. The monoisotopic (exact) mass is 312 g/mol. The van der Waals surface area contributed by atoms with Crippen LogP contribution in [0, 0.1) is 6.92 Å². The van der Waals surface area contributed by atoms with E-state index in [1.54, 1.807) is 23.5 Å². The van der Waals surface area contributed by atoms with E-state index in [0.29, 0.717) is 12.3 Å². The molecule has 0 radical (unpaired) electrons. The van der Waals surface area contributed by atoms with E-state index in [9.17, 15) is 4.79 Å². The summed E-state index contributed by atoms with van der Waals surface area (Å²) in [6, 6.07) is 11.6. The smallest absolute Gasteiger partial charge is 0.286 e. The molecule has 0 aliphatic carbocycles. The van der Waals surface area contributed by atoms with Crippen molar-refractivity contribution in [3.63, 3.8) is 0 Å². The summed E-state index contributed by atoms with van der Waals surface area (Å²) in [6.45, 7) is 2.58. The van der Waals surface area contributed by atoms with Crippen LogP contribution in [0.3, 0.4) is 0 Å². The molecule has 2 heterocycles. The SMILES string of the molecule is Cc1nc(-c2ccc(CCNC(=O)c3ccco3)cc2)cs1. The van der Waals surface area contributed by atoms with Gasteiger partial charge in [-0.25, -0.2) is 4.98 Å². The minimum atomic E-state index is -0.181. The maximum atomic E-state index is 11.7. The Balaban J connectivity index is 1.54. The number of aromatic nitrogens is 1. The van der Waals surface area contributed by atoms with E-state index in [1.165, 1.54) is 11.8 Å². The van der Waals surface area contributed by atoms with Gasteiger partial charge in [0.1, 0.15) is 0 Å². The molecular formula is C17H16N2O2S. The molecule has 0 atom stereocenters. The number of nitrogens with one attached hydrogen (secondary N) is 1. The van der Waals surface area contributed by atoms with Gasteiger partial charge in [-0.1, -0.05) is 24.3 Å². The Morgan fingerprint density at radius 2 is 2.09 bits per heavy atom. The van der Waals surface area contributed by atoms with Gasteiger partial charge in [0.15, 0.2) is 5.76 Å². The summed E-state index contributed by atoms with van der Waals surface area (Å²) in [6.07, 6.45) is 2.27. The third-order valence-electron chi connectivity index (χ3n) is 3.31. The highest BCUT2D eigenvalue weighted by molar-refractivity contribution is 7.09. The van der Waals surface area contributed by atoms with Crippen LogP contribution in [-0.2, 0) is 6.42 Å². The molecule has 1 amide bonds. The number of carbonyl (C=O) groups excluding carboxylic acids is 1. The number of rotatable bonds is 5. The zero-order valence-electron chi connectivity index (χ0n) is 12.2. The molecule has 0 saturated carbocycles. The van der Waals surface area contributed by atoms with Crippen LogP contribution < -0.4 is 5.32 Å². The molecule has 0 fully saturated rings. The summed E-state index contributed by atoms with van der Waals surface area (Å²) in [5.74, 6) is 0.161. The first-order chi connectivity index (χ1) is 10.7. The molecule has 0 spiro atoms. The standard InChI is InChI=1S/C17H16N2O2S/c1-12-19-15(11-22-12)14-6-4-13(5-7-14)8-9-18-17(20)16-3-2-10-21-16/h2-7,10-11H,8-9H2,1H3,(H,18,20). The molecule has 0 aliphatic rings. The fourth-order valence-corrected chi connectivity index (χ4v) is 2.78. The van der Waals surface area contributed by atoms with Gasteiger partial charge in [-0.15, -0.1) is 11.3 Å². The third-order valence-corrected chi connectivity index (χ3v) is 4.09. The summed E-state index contributed by atoms with van der Waals surface area (Å²) in [7, 11) is 0. The van der Waals surface area contributed by atoms with Crippen molar-refractivity contribution in [2.75, 3.05) is 6.54 Å². The maximum absolute atomic E-state index is 11.7. The first kappa shape index (κ1) is 14.5. The van der Waals surface area contributed by atoms with Crippen molar-refractivity contribution in [2.24, 2.45) is 0 Å². The molecule has 22 heavy (non-hydrogen) atoms. The van der Waals surface area contributed by atoms with Crippen molar-refractivity contribution in [3.05, 3.63) is 64.4 Å². The van der Waals surface area contributed by atoms with E-state index in [2.05, 4.69) is 39.9 Å². The molecule has 1 aromatic carbocycles. The zero-order chi connectivity index (χ0) is 15.4. The number of nitrogens with zero attached hydrogens (tertiary/aromatic N) is 1. The van der Waals surface area contributed by atoms with Crippen molar-refractivity contribution in [1.29, 1.82) is 0 Å². The van der Waals surface area contributed by atoms with E-state index < -0.39 is 0 Å². The molecule has 112 valence electrons. The molecule has 3 aromatic rings. The number of carbonyl (C=O) groups is 1. The van der Waals surface area contributed by atoms with Gasteiger partial charge in [0.05, 0.1) is 17.0 Å². The van der Waals surface area contributed by atoms with Crippen LogP contribution >= 0.6 is 11.3 Å². The van der Waals surface area contributed by atoms with E-state index in [-0.39, 0.29) is 5.91 Å². The van der Waals surface area contributed by atoms with Crippen LogP contribution in [0.2, 0.25) is 0 Å². The van der Waals surface area contributed by atoms with Gasteiger partial charge >= 0.3 is 0 Å². The van der Waals surface area contributed by atoms with Gasteiger partial charge in [-0.3, -0.25) is 4.79 Å². The van der Waals surface area contributed by atoms with Crippen LogP contribution in [0.25, 0.3) is 11.3 Å². The minimum Gasteiger partial charge on any atom is -0.459 e. The molecule has 2 aromatic heterocycles. The number of furan rings is 1. The molecule has 1 N–H and O–H groups in total. The van der Waals surface area contributed by atoms with Crippen LogP contribution in [0.5, 0.6) is 0 Å². The first-order valence-corrected chi connectivity index (χ1v) is 7.93. The highest BCUT2D eigenvalue weighted by Crippen LogP contribution is 2.21. The zero-order valence-corrected chi connectivity index (χ0v) is 13.0. The number of hydrogen-bond donors (Lipinski definition) is 1. The second-order valence-corrected chi connectivity index (χ2v) is 5.99. The van der Waals surface area contributed by atoms with Gasteiger partial charge in [0, 0.05) is 17.5 Å². The Kier molecular flexibility index (Phi) is 4.34. The summed E-state index contributed by atoms with van der Waals surface area (Å²) in [4.78, 5) is 16.2. The quantitative estimate of drug-likeness (QED) is 0.782. The Bertz CT molecular complexity index is 745. The lowest BCUT2D eigenvalue weighted by molar-refractivity contribution is 0.0926. The Labute approximate surface area is 132 Å². The number of benzene rings is 1. The second-order valence-electron chi connectivity index (χ2n) is 4.93. The number of hydrogen-bond acceptors (Lipinski definition) is 4. The lowest BCUT2D eigenvalue weighted by atomic mass is 10.1. The predicted octanol–water partition coefficient (Wildman–Crippen LogP) is 3.68. The van der Waals surface area contributed by atoms with Crippen LogP contribution in [0.4, 0.5) is 0 Å². The normalized spacial score (nSPS) is 10.6. The van der Waals surface area contributed by atoms with Crippen LogP contribution in [-0.4, -0.2) is 17.4 Å². The number of thiazole rings is 1. The molecular weight excluding hydrogens is 296 g/mol. The summed E-state index contributed by atoms with van der Waals surface area (Å²) < 4.78 is 5.05. The van der Waals surface area contributed by atoms with Crippen LogP contribution in [0.1, 0.15) is 21.1 Å². The van der Waals surface area contributed by atoms with Gasteiger partial charge in [0.25, 0.3) is 5.91 Å². The average molecular weight is 312 g/mol. The third kappa shape index (κ3) is 3.43. The second kappa shape index (κ2) is 6.58. The number of amides is 1. The van der Waals surface area contributed by atoms with Crippen molar-refractivity contribution in [2.45, 2.75) is 13.3 Å². The predicted molar refractivity (Wildman–Crippen MR) is 87.0 cm³/mol. The van der Waals surface area contributed by atoms with E-state index in [4.69, 9.17) is 4.42 Å². The molecule has 3 rings (SSSR count). The highest BCUT2D eigenvalue weighted by Gasteiger charge is 2.07.